The van der Waals surface area contributed by atoms with Crippen LogP contribution in [0.4, 0.5) is 0 Å². The third-order valence-corrected chi connectivity index (χ3v) is 11.7. The number of hydrogen-bond acceptors (Lipinski definition) is 2. The molecule has 1 aliphatic carbocycles. The summed E-state index contributed by atoms with van der Waals surface area (Å²) in [7, 11) is -1.79. The maximum atomic E-state index is 9.80. The van der Waals surface area contributed by atoms with Crippen LogP contribution in [0, 0.1) is 5.92 Å². The van der Waals surface area contributed by atoms with Crippen molar-refractivity contribution >= 4 is 8.32 Å². The van der Waals surface area contributed by atoms with Crippen LogP contribution in [0.5, 0.6) is 0 Å². The summed E-state index contributed by atoms with van der Waals surface area (Å²) >= 11 is 0. The standard InChI is InChI=1S/C18H38O2Si/c1-13(2)21(14(3)4,15(5)6)20-18-11-9-8-10-17(18)12-16(7)19/h13-19H,8-12H2,1-7H3. The van der Waals surface area contributed by atoms with Crippen molar-refractivity contribution < 1.29 is 9.53 Å². The van der Waals surface area contributed by atoms with Crippen LogP contribution in [0.2, 0.25) is 16.6 Å². The van der Waals surface area contributed by atoms with Crippen LogP contribution < -0.4 is 0 Å². The summed E-state index contributed by atoms with van der Waals surface area (Å²) in [6.07, 6.45) is 6.10. The van der Waals surface area contributed by atoms with E-state index in [1.807, 2.05) is 6.92 Å². The van der Waals surface area contributed by atoms with E-state index in [4.69, 9.17) is 4.43 Å². The minimum Gasteiger partial charge on any atom is -0.413 e. The SMILES string of the molecule is CC(O)CC1CCCCC1O[Si](C(C)C)(C(C)C)C(C)C. The van der Waals surface area contributed by atoms with Crippen LogP contribution in [0.3, 0.4) is 0 Å². The van der Waals surface area contributed by atoms with Crippen LogP contribution in [0.25, 0.3) is 0 Å². The fourth-order valence-electron chi connectivity index (χ4n) is 4.71. The van der Waals surface area contributed by atoms with Crippen molar-refractivity contribution in [3.05, 3.63) is 0 Å². The fourth-order valence-corrected chi connectivity index (χ4v) is 10.4. The van der Waals surface area contributed by atoms with Gasteiger partial charge in [-0.2, -0.15) is 0 Å². The van der Waals surface area contributed by atoms with Gasteiger partial charge in [0.15, 0.2) is 0 Å². The molecule has 0 radical (unpaired) electrons. The lowest BCUT2D eigenvalue weighted by atomic mass is 9.83. The zero-order chi connectivity index (χ0) is 16.2. The van der Waals surface area contributed by atoms with Crippen LogP contribution >= 0.6 is 0 Å². The van der Waals surface area contributed by atoms with Gasteiger partial charge < -0.3 is 9.53 Å². The number of aliphatic hydroxyl groups excluding tert-OH is 1. The van der Waals surface area contributed by atoms with Gasteiger partial charge in [0, 0.05) is 6.10 Å². The van der Waals surface area contributed by atoms with Crippen molar-refractivity contribution in [1.82, 2.24) is 0 Å². The first kappa shape index (κ1) is 19.2. The molecule has 1 N–H and O–H groups in total. The molecular formula is C18H38O2Si. The molecule has 1 saturated carbocycles. The maximum Gasteiger partial charge on any atom is 0.200 e. The molecule has 0 bridgehead atoms. The molecule has 1 aliphatic rings. The molecule has 2 nitrogen and oxygen atoms in total. The van der Waals surface area contributed by atoms with Gasteiger partial charge in [0.05, 0.1) is 6.10 Å². The summed E-state index contributed by atoms with van der Waals surface area (Å²) in [6.45, 7) is 16.1. The molecule has 0 saturated heterocycles. The van der Waals surface area contributed by atoms with Crippen molar-refractivity contribution in [1.29, 1.82) is 0 Å². The predicted molar refractivity (Wildman–Crippen MR) is 94.2 cm³/mol. The third-order valence-electron chi connectivity index (χ3n) is 5.55. The molecule has 0 amide bonds. The van der Waals surface area contributed by atoms with Gasteiger partial charge in [-0.1, -0.05) is 54.4 Å². The lowest BCUT2D eigenvalue weighted by molar-refractivity contribution is 0.0431. The van der Waals surface area contributed by atoms with Crippen LogP contribution in [-0.4, -0.2) is 25.6 Å². The smallest absolute Gasteiger partial charge is 0.200 e. The fraction of sp³-hybridized carbons (Fsp3) is 1.00. The molecule has 0 aromatic rings. The first-order chi connectivity index (χ1) is 9.71. The van der Waals surface area contributed by atoms with Gasteiger partial charge in [-0.25, -0.2) is 0 Å². The lowest BCUT2D eigenvalue weighted by Gasteiger charge is -2.47. The molecule has 0 spiro atoms. The molecular weight excluding hydrogens is 276 g/mol. The summed E-state index contributed by atoms with van der Waals surface area (Å²) in [5.74, 6) is 0.557. The highest BCUT2D eigenvalue weighted by atomic mass is 28.4. The topological polar surface area (TPSA) is 29.5 Å². The minimum absolute atomic E-state index is 0.201. The van der Waals surface area contributed by atoms with E-state index in [9.17, 15) is 5.11 Å². The van der Waals surface area contributed by atoms with E-state index in [0.29, 0.717) is 28.6 Å². The average molecular weight is 315 g/mol. The maximum absolute atomic E-state index is 9.80. The van der Waals surface area contributed by atoms with E-state index in [0.717, 1.165) is 6.42 Å². The number of rotatable bonds is 7. The molecule has 126 valence electrons. The highest BCUT2D eigenvalue weighted by Crippen LogP contribution is 2.45. The van der Waals surface area contributed by atoms with Crippen molar-refractivity contribution in [2.75, 3.05) is 0 Å². The summed E-state index contributed by atoms with van der Waals surface area (Å²) in [6, 6.07) is 0. The first-order valence-electron chi connectivity index (χ1n) is 9.07. The molecule has 3 unspecified atom stereocenters. The third kappa shape index (κ3) is 4.55. The largest absolute Gasteiger partial charge is 0.413 e. The zero-order valence-electron chi connectivity index (χ0n) is 15.4. The highest BCUT2D eigenvalue weighted by molar-refractivity contribution is 6.77. The Morgan fingerprint density at radius 3 is 1.81 bits per heavy atom. The Kier molecular flexibility index (Phi) is 7.42. The van der Waals surface area contributed by atoms with E-state index in [-0.39, 0.29) is 6.10 Å². The van der Waals surface area contributed by atoms with Crippen molar-refractivity contribution in [3.63, 3.8) is 0 Å². The second-order valence-corrected chi connectivity index (χ2v) is 13.5. The summed E-state index contributed by atoms with van der Waals surface area (Å²) in [4.78, 5) is 0. The Bertz CT molecular complexity index is 278. The summed E-state index contributed by atoms with van der Waals surface area (Å²) in [5, 5.41) is 9.80. The van der Waals surface area contributed by atoms with Crippen LogP contribution in [-0.2, 0) is 4.43 Å². The molecule has 1 fully saturated rings. The molecule has 3 heteroatoms. The van der Waals surface area contributed by atoms with E-state index >= 15 is 0 Å². The number of aliphatic hydroxyl groups is 1. The quantitative estimate of drug-likeness (QED) is 0.628. The average Bonchev–Trinajstić information content (AvgIpc) is 2.35. The van der Waals surface area contributed by atoms with Crippen molar-refractivity contribution in [2.24, 2.45) is 5.92 Å². The Labute approximate surface area is 133 Å². The molecule has 0 aromatic carbocycles. The molecule has 3 atom stereocenters. The predicted octanol–water partition coefficient (Wildman–Crippen LogP) is 5.51. The molecule has 0 aromatic heterocycles. The molecule has 0 aliphatic heterocycles. The second kappa shape index (κ2) is 8.12. The second-order valence-electron chi connectivity index (χ2n) is 8.10. The van der Waals surface area contributed by atoms with E-state index in [2.05, 4.69) is 41.5 Å². The van der Waals surface area contributed by atoms with E-state index in [1.165, 1.54) is 25.7 Å². The zero-order valence-corrected chi connectivity index (χ0v) is 16.4. The van der Waals surface area contributed by atoms with Crippen LogP contribution in [0.1, 0.15) is 80.6 Å². The van der Waals surface area contributed by atoms with Gasteiger partial charge in [0.25, 0.3) is 0 Å². The Morgan fingerprint density at radius 1 is 0.905 bits per heavy atom. The molecule has 0 heterocycles. The monoisotopic (exact) mass is 314 g/mol. The van der Waals surface area contributed by atoms with Crippen LogP contribution in [0.15, 0.2) is 0 Å². The lowest BCUT2D eigenvalue weighted by Crippen LogP contribution is -2.52. The first-order valence-corrected chi connectivity index (χ1v) is 11.2. The Hall–Kier alpha value is 0.137. The van der Waals surface area contributed by atoms with Gasteiger partial charge in [0.1, 0.15) is 0 Å². The van der Waals surface area contributed by atoms with Crippen molar-refractivity contribution in [2.45, 2.75) is 109 Å². The summed E-state index contributed by atoms with van der Waals surface area (Å²) < 4.78 is 7.00. The van der Waals surface area contributed by atoms with Gasteiger partial charge >= 0.3 is 0 Å². The Balaban J connectivity index is 2.94. The van der Waals surface area contributed by atoms with E-state index in [1.54, 1.807) is 0 Å². The van der Waals surface area contributed by atoms with Gasteiger partial charge in [-0.15, -0.1) is 0 Å². The van der Waals surface area contributed by atoms with Gasteiger partial charge in [-0.05, 0) is 48.7 Å². The number of hydrogen-bond donors (Lipinski definition) is 1. The van der Waals surface area contributed by atoms with Crippen molar-refractivity contribution in [3.8, 4) is 0 Å². The molecule has 21 heavy (non-hydrogen) atoms. The van der Waals surface area contributed by atoms with Gasteiger partial charge in [-0.3, -0.25) is 0 Å². The summed E-state index contributed by atoms with van der Waals surface area (Å²) in [5.41, 5.74) is 1.94. The minimum atomic E-state index is -1.79. The Morgan fingerprint density at radius 2 is 1.38 bits per heavy atom. The van der Waals surface area contributed by atoms with Gasteiger partial charge in [0.2, 0.25) is 8.32 Å². The normalized spacial score (nSPS) is 25.9. The van der Waals surface area contributed by atoms with E-state index < -0.39 is 8.32 Å². The molecule has 1 rings (SSSR count). The highest BCUT2D eigenvalue weighted by Gasteiger charge is 2.47.